The van der Waals surface area contributed by atoms with Crippen LogP contribution in [0.4, 0.5) is 13.2 Å². The second-order valence-electron chi connectivity index (χ2n) is 2.40. The van der Waals surface area contributed by atoms with Gasteiger partial charge in [-0.05, 0) is 11.6 Å². The Labute approximate surface area is 73.4 Å². The van der Waals surface area contributed by atoms with Gasteiger partial charge in [-0.2, -0.15) is 13.2 Å². The predicted octanol–water partition coefficient (Wildman–Crippen LogP) is 2.41. The minimum atomic E-state index is -4.39. The van der Waals surface area contributed by atoms with Gasteiger partial charge < -0.3 is 4.74 Å². The van der Waals surface area contributed by atoms with E-state index in [0.29, 0.717) is 5.56 Å². The van der Waals surface area contributed by atoms with Crippen LogP contribution in [0.2, 0.25) is 0 Å². The number of hydrogen-bond acceptors (Lipinski definition) is 2. The molecule has 5 heteroatoms. The van der Waals surface area contributed by atoms with Crippen LogP contribution in [0, 0.1) is 7.11 Å². The van der Waals surface area contributed by atoms with Crippen LogP contribution in [0.5, 0.6) is 0 Å². The molecule has 0 fully saturated rings. The van der Waals surface area contributed by atoms with E-state index in [1.165, 1.54) is 6.07 Å². The monoisotopic (exact) mass is 190 g/mol. The summed E-state index contributed by atoms with van der Waals surface area (Å²) < 4.78 is 40.5. The average Bonchev–Trinajstić information content (AvgIpc) is 2.04. The van der Waals surface area contributed by atoms with Gasteiger partial charge in [0.15, 0.2) is 0 Å². The first-order chi connectivity index (χ1) is 6.04. The molecule has 0 saturated heterocycles. The Morgan fingerprint density at radius 1 is 1.38 bits per heavy atom. The van der Waals surface area contributed by atoms with Gasteiger partial charge in [0.1, 0.15) is 5.69 Å². The number of pyridine rings is 1. The van der Waals surface area contributed by atoms with Crippen LogP contribution in [-0.4, -0.2) is 4.98 Å². The number of nitrogens with zero attached hydrogens (tertiary/aromatic N) is 1. The first kappa shape index (κ1) is 9.98. The molecule has 1 heterocycles. The molecule has 1 rings (SSSR count). The molecular weight excluding hydrogens is 183 g/mol. The maximum atomic E-state index is 12.0. The van der Waals surface area contributed by atoms with E-state index >= 15 is 0 Å². The van der Waals surface area contributed by atoms with Gasteiger partial charge in [0.2, 0.25) is 0 Å². The van der Waals surface area contributed by atoms with Crippen molar-refractivity contribution in [3.8, 4) is 0 Å². The van der Waals surface area contributed by atoms with Crippen molar-refractivity contribution in [2.75, 3.05) is 0 Å². The molecule has 1 aromatic rings. The molecule has 1 radical (unpaired) electrons. The lowest BCUT2D eigenvalue weighted by Crippen LogP contribution is -2.07. The summed E-state index contributed by atoms with van der Waals surface area (Å²) in [5.74, 6) is 0. The van der Waals surface area contributed by atoms with Gasteiger partial charge in [0.25, 0.3) is 0 Å². The topological polar surface area (TPSA) is 22.1 Å². The lowest BCUT2D eigenvalue weighted by Gasteiger charge is -2.05. The first-order valence-electron chi connectivity index (χ1n) is 3.43. The van der Waals surface area contributed by atoms with E-state index in [9.17, 15) is 13.2 Å². The molecule has 0 aliphatic heterocycles. The Bertz CT molecular complexity index is 268. The second kappa shape index (κ2) is 3.74. The molecule has 0 amide bonds. The van der Waals surface area contributed by atoms with Crippen molar-refractivity contribution in [3.63, 3.8) is 0 Å². The molecule has 0 saturated carbocycles. The van der Waals surface area contributed by atoms with E-state index in [0.717, 1.165) is 12.3 Å². The molecule has 0 spiro atoms. The number of rotatable bonds is 2. The zero-order valence-electron chi connectivity index (χ0n) is 6.64. The van der Waals surface area contributed by atoms with E-state index in [2.05, 4.69) is 16.8 Å². The fourth-order valence-electron chi connectivity index (χ4n) is 0.795. The van der Waals surface area contributed by atoms with Crippen molar-refractivity contribution in [1.82, 2.24) is 4.98 Å². The van der Waals surface area contributed by atoms with Crippen LogP contribution in [0.15, 0.2) is 18.3 Å². The maximum Gasteiger partial charge on any atom is 0.433 e. The summed E-state index contributed by atoms with van der Waals surface area (Å²) in [6.07, 6.45) is -3.27. The zero-order valence-corrected chi connectivity index (χ0v) is 6.64. The van der Waals surface area contributed by atoms with Gasteiger partial charge in [0, 0.05) is 6.20 Å². The van der Waals surface area contributed by atoms with Crippen LogP contribution in [0.3, 0.4) is 0 Å². The summed E-state index contributed by atoms with van der Waals surface area (Å²) in [6.45, 7) is 0.158. The highest BCUT2D eigenvalue weighted by molar-refractivity contribution is 5.15. The highest BCUT2D eigenvalue weighted by Gasteiger charge is 2.31. The number of aromatic nitrogens is 1. The van der Waals surface area contributed by atoms with Gasteiger partial charge in [-0.25, -0.2) is 0 Å². The molecular formula is C8H7F3NO. The van der Waals surface area contributed by atoms with Crippen LogP contribution < -0.4 is 0 Å². The molecule has 0 atom stereocenters. The maximum absolute atomic E-state index is 12.0. The summed E-state index contributed by atoms with van der Waals surface area (Å²) >= 11 is 0. The van der Waals surface area contributed by atoms with Crippen molar-refractivity contribution in [3.05, 3.63) is 36.7 Å². The fourth-order valence-corrected chi connectivity index (χ4v) is 0.795. The number of alkyl halides is 3. The lowest BCUT2D eigenvalue weighted by atomic mass is 10.2. The quantitative estimate of drug-likeness (QED) is 0.714. The van der Waals surface area contributed by atoms with Crippen molar-refractivity contribution >= 4 is 0 Å². The second-order valence-corrected chi connectivity index (χ2v) is 2.40. The molecule has 13 heavy (non-hydrogen) atoms. The van der Waals surface area contributed by atoms with Crippen LogP contribution in [-0.2, 0) is 17.5 Å². The number of hydrogen-bond donors (Lipinski definition) is 0. The fraction of sp³-hybridized carbons (Fsp3) is 0.250. The summed E-state index contributed by atoms with van der Waals surface area (Å²) in [7, 11) is 3.10. The summed E-state index contributed by atoms with van der Waals surface area (Å²) in [5, 5.41) is 0. The van der Waals surface area contributed by atoms with Crippen molar-refractivity contribution in [1.29, 1.82) is 0 Å². The minimum Gasteiger partial charge on any atom is -0.374 e. The Hall–Kier alpha value is -1.10. The third kappa shape index (κ3) is 2.69. The molecule has 71 valence electrons. The molecule has 0 aliphatic carbocycles. The van der Waals surface area contributed by atoms with Gasteiger partial charge in [-0.1, -0.05) is 6.07 Å². The highest BCUT2D eigenvalue weighted by Crippen LogP contribution is 2.27. The standard InChI is InChI=1S/C8H7F3NO/c1-13-5-6-2-3-7(12-4-6)8(9,10)11/h2-4H,1,5H2. The van der Waals surface area contributed by atoms with Gasteiger partial charge in [-0.3, -0.25) is 4.98 Å². The predicted molar refractivity (Wildman–Crippen MR) is 39.4 cm³/mol. The van der Waals surface area contributed by atoms with Crippen molar-refractivity contribution in [2.24, 2.45) is 0 Å². The summed E-state index contributed by atoms with van der Waals surface area (Å²) in [4.78, 5) is 3.24. The van der Waals surface area contributed by atoms with Crippen LogP contribution in [0.1, 0.15) is 11.3 Å². The molecule has 2 nitrogen and oxygen atoms in total. The van der Waals surface area contributed by atoms with Crippen molar-refractivity contribution in [2.45, 2.75) is 12.8 Å². The van der Waals surface area contributed by atoms with E-state index < -0.39 is 11.9 Å². The van der Waals surface area contributed by atoms with Crippen LogP contribution in [0.25, 0.3) is 0 Å². The Morgan fingerprint density at radius 3 is 2.46 bits per heavy atom. The van der Waals surface area contributed by atoms with E-state index in [1.54, 1.807) is 0 Å². The van der Waals surface area contributed by atoms with Crippen LogP contribution >= 0.6 is 0 Å². The normalized spacial score (nSPS) is 11.7. The average molecular weight is 190 g/mol. The highest BCUT2D eigenvalue weighted by atomic mass is 19.4. The third-order valence-corrected chi connectivity index (χ3v) is 1.38. The third-order valence-electron chi connectivity index (χ3n) is 1.38. The van der Waals surface area contributed by atoms with E-state index in [-0.39, 0.29) is 6.61 Å². The summed E-state index contributed by atoms with van der Waals surface area (Å²) in [6, 6.07) is 2.22. The zero-order chi connectivity index (χ0) is 9.90. The Balaban J connectivity index is 2.81. The van der Waals surface area contributed by atoms with Gasteiger partial charge in [0.05, 0.1) is 13.7 Å². The Morgan fingerprint density at radius 2 is 2.08 bits per heavy atom. The smallest absolute Gasteiger partial charge is 0.374 e. The minimum absolute atomic E-state index is 0.158. The Kier molecular flexibility index (Phi) is 2.87. The van der Waals surface area contributed by atoms with E-state index in [1.807, 2.05) is 0 Å². The number of ether oxygens (including phenoxy) is 1. The van der Waals surface area contributed by atoms with Gasteiger partial charge in [-0.15, -0.1) is 0 Å². The molecule has 0 bridgehead atoms. The molecule has 0 aromatic carbocycles. The van der Waals surface area contributed by atoms with Crippen molar-refractivity contribution < 1.29 is 17.9 Å². The molecule has 0 unspecified atom stereocenters. The SMILES string of the molecule is [CH2]OCc1ccc(C(F)(F)F)nc1. The summed E-state index contributed by atoms with van der Waals surface area (Å²) in [5.41, 5.74) is -0.344. The molecule has 1 aromatic heterocycles. The van der Waals surface area contributed by atoms with Gasteiger partial charge >= 0.3 is 6.18 Å². The molecule has 0 N–H and O–H groups in total. The lowest BCUT2D eigenvalue weighted by molar-refractivity contribution is -0.141. The van der Waals surface area contributed by atoms with E-state index in [4.69, 9.17) is 0 Å². The largest absolute Gasteiger partial charge is 0.433 e. The number of halogens is 3. The first-order valence-corrected chi connectivity index (χ1v) is 3.43. The molecule has 0 aliphatic rings.